The number of rotatable bonds is 4. The molecule has 0 bridgehead atoms. The maximum atomic E-state index is 9.42. The zero-order chi connectivity index (χ0) is 10.6. The molecule has 14 heavy (non-hydrogen) atoms. The van der Waals surface area contributed by atoms with Gasteiger partial charge in [0.2, 0.25) is 0 Å². The Hall–Kier alpha value is -1.09. The van der Waals surface area contributed by atoms with Crippen LogP contribution in [0.25, 0.3) is 0 Å². The zero-order valence-corrected chi connectivity index (χ0v) is 8.83. The van der Waals surface area contributed by atoms with Gasteiger partial charge in [-0.3, -0.25) is 0 Å². The van der Waals surface area contributed by atoms with Gasteiger partial charge >= 0.3 is 0 Å². The van der Waals surface area contributed by atoms with Gasteiger partial charge in [-0.25, -0.2) is 4.98 Å². The summed E-state index contributed by atoms with van der Waals surface area (Å²) in [6, 6.07) is 2.03. The third kappa shape index (κ3) is 3.00. The van der Waals surface area contributed by atoms with Gasteiger partial charge in [0.1, 0.15) is 5.82 Å². The molecule has 0 saturated heterocycles. The van der Waals surface area contributed by atoms with Gasteiger partial charge in [-0.1, -0.05) is 13.0 Å². The Morgan fingerprint density at radius 3 is 2.93 bits per heavy atom. The third-order valence-electron chi connectivity index (χ3n) is 2.36. The predicted molar refractivity (Wildman–Crippen MR) is 58.0 cm³/mol. The molecule has 1 rings (SSSR count). The Labute approximate surface area is 85.0 Å². The number of nitrogens with two attached hydrogens (primary N) is 1. The van der Waals surface area contributed by atoms with E-state index in [0.29, 0.717) is 5.82 Å². The van der Waals surface area contributed by atoms with E-state index >= 15 is 0 Å². The van der Waals surface area contributed by atoms with Gasteiger partial charge in [-0.2, -0.15) is 0 Å². The van der Waals surface area contributed by atoms with E-state index in [0.717, 1.165) is 30.4 Å². The van der Waals surface area contributed by atoms with E-state index in [4.69, 9.17) is 5.73 Å². The molecule has 0 saturated carbocycles. The number of aromatic nitrogens is 1. The lowest BCUT2D eigenvalue weighted by atomic mass is 10.1. The fourth-order valence-electron chi connectivity index (χ4n) is 1.37. The van der Waals surface area contributed by atoms with Gasteiger partial charge in [0.15, 0.2) is 0 Å². The van der Waals surface area contributed by atoms with Crippen molar-refractivity contribution in [2.24, 2.45) is 0 Å². The first-order valence-corrected chi connectivity index (χ1v) is 5.02. The molecule has 0 spiro atoms. The summed E-state index contributed by atoms with van der Waals surface area (Å²) in [6.45, 7) is 3.97. The van der Waals surface area contributed by atoms with Gasteiger partial charge in [0, 0.05) is 6.20 Å². The van der Waals surface area contributed by atoms with Crippen LogP contribution in [0.4, 0.5) is 5.82 Å². The molecule has 1 atom stereocenters. The van der Waals surface area contributed by atoms with Crippen molar-refractivity contribution >= 4 is 5.82 Å². The van der Waals surface area contributed by atoms with E-state index in [1.165, 1.54) is 0 Å². The highest BCUT2D eigenvalue weighted by Gasteiger charge is 2.05. The summed E-state index contributed by atoms with van der Waals surface area (Å²) in [6.07, 6.45) is 3.88. The van der Waals surface area contributed by atoms with Crippen LogP contribution >= 0.6 is 0 Å². The number of hydrogen-bond donors (Lipinski definition) is 2. The lowest BCUT2D eigenvalue weighted by Gasteiger charge is -2.09. The molecule has 1 aromatic rings. The molecule has 0 amide bonds. The topological polar surface area (TPSA) is 59.1 Å². The second-order valence-corrected chi connectivity index (χ2v) is 3.66. The fourth-order valence-corrected chi connectivity index (χ4v) is 1.37. The van der Waals surface area contributed by atoms with Crippen LogP contribution < -0.4 is 5.73 Å². The highest BCUT2D eigenvalue weighted by molar-refractivity contribution is 5.40. The minimum absolute atomic E-state index is 0.227. The summed E-state index contributed by atoms with van der Waals surface area (Å²) in [5.74, 6) is 0.582. The molecule has 0 aliphatic carbocycles. The summed E-state index contributed by atoms with van der Waals surface area (Å²) >= 11 is 0. The average molecular weight is 194 g/mol. The van der Waals surface area contributed by atoms with E-state index in [1.807, 2.05) is 19.9 Å². The minimum Gasteiger partial charge on any atom is -0.393 e. The van der Waals surface area contributed by atoms with E-state index in [1.54, 1.807) is 6.20 Å². The maximum Gasteiger partial charge on any atom is 0.126 e. The first-order valence-electron chi connectivity index (χ1n) is 5.02. The van der Waals surface area contributed by atoms with Crippen LogP contribution in [0.5, 0.6) is 0 Å². The largest absolute Gasteiger partial charge is 0.393 e. The van der Waals surface area contributed by atoms with Crippen LogP contribution in [-0.2, 0) is 6.42 Å². The summed E-state index contributed by atoms with van der Waals surface area (Å²) in [7, 11) is 0. The Morgan fingerprint density at radius 1 is 1.57 bits per heavy atom. The number of aryl methyl sites for hydroxylation is 2. The molecule has 1 aromatic heterocycles. The van der Waals surface area contributed by atoms with Gasteiger partial charge < -0.3 is 10.8 Å². The summed E-state index contributed by atoms with van der Waals surface area (Å²) in [5, 5.41) is 9.42. The second-order valence-electron chi connectivity index (χ2n) is 3.66. The number of aliphatic hydroxyl groups is 1. The number of nitrogen functional groups attached to an aromatic ring is 1. The van der Waals surface area contributed by atoms with Gasteiger partial charge in [0.05, 0.1) is 6.10 Å². The van der Waals surface area contributed by atoms with Crippen LogP contribution in [0.3, 0.4) is 0 Å². The molecular weight excluding hydrogens is 176 g/mol. The molecule has 0 fully saturated rings. The highest BCUT2D eigenvalue weighted by atomic mass is 16.3. The highest BCUT2D eigenvalue weighted by Crippen LogP contribution is 2.14. The second kappa shape index (κ2) is 4.96. The molecule has 0 aliphatic rings. The lowest BCUT2D eigenvalue weighted by Crippen LogP contribution is -2.07. The smallest absolute Gasteiger partial charge is 0.126 e. The fraction of sp³-hybridized carbons (Fsp3) is 0.545. The summed E-state index contributed by atoms with van der Waals surface area (Å²) in [4.78, 5) is 4.08. The molecule has 1 unspecified atom stereocenters. The van der Waals surface area contributed by atoms with Crippen molar-refractivity contribution in [3.63, 3.8) is 0 Å². The average Bonchev–Trinajstić information content (AvgIpc) is 2.19. The molecule has 0 radical (unpaired) electrons. The van der Waals surface area contributed by atoms with E-state index in [-0.39, 0.29) is 6.10 Å². The lowest BCUT2D eigenvalue weighted by molar-refractivity contribution is 0.160. The van der Waals surface area contributed by atoms with Crippen LogP contribution in [0, 0.1) is 6.92 Å². The minimum atomic E-state index is -0.227. The maximum absolute atomic E-state index is 9.42. The molecule has 1 heterocycles. The Morgan fingerprint density at radius 2 is 2.29 bits per heavy atom. The van der Waals surface area contributed by atoms with E-state index < -0.39 is 0 Å². The number of anilines is 1. The van der Waals surface area contributed by atoms with Gasteiger partial charge in [-0.15, -0.1) is 0 Å². The quantitative estimate of drug-likeness (QED) is 0.766. The number of pyridine rings is 1. The standard InChI is InChI=1S/C11H18N2O/c1-3-10(14)5-4-9-6-8(2)7-13-11(9)12/h6-7,10,14H,3-5H2,1-2H3,(H2,12,13). The molecule has 0 aliphatic heterocycles. The Bertz CT molecular complexity index is 299. The van der Waals surface area contributed by atoms with E-state index in [2.05, 4.69) is 4.98 Å². The van der Waals surface area contributed by atoms with E-state index in [9.17, 15) is 5.11 Å². The number of aliphatic hydroxyl groups excluding tert-OH is 1. The third-order valence-corrected chi connectivity index (χ3v) is 2.36. The van der Waals surface area contributed by atoms with Gasteiger partial charge in [-0.05, 0) is 37.3 Å². The van der Waals surface area contributed by atoms with Crippen LogP contribution in [0.15, 0.2) is 12.3 Å². The van der Waals surface area contributed by atoms with Crippen molar-refractivity contribution in [2.75, 3.05) is 5.73 Å². The Kier molecular flexibility index (Phi) is 3.89. The first kappa shape index (κ1) is 11.0. The molecule has 3 nitrogen and oxygen atoms in total. The zero-order valence-electron chi connectivity index (χ0n) is 8.83. The Balaban J connectivity index is 2.62. The normalized spacial score (nSPS) is 12.8. The van der Waals surface area contributed by atoms with Crippen LogP contribution in [0.2, 0.25) is 0 Å². The van der Waals surface area contributed by atoms with Crippen molar-refractivity contribution in [3.8, 4) is 0 Å². The van der Waals surface area contributed by atoms with Crippen molar-refractivity contribution < 1.29 is 5.11 Å². The monoisotopic (exact) mass is 194 g/mol. The van der Waals surface area contributed by atoms with Crippen molar-refractivity contribution in [3.05, 3.63) is 23.4 Å². The number of hydrogen-bond acceptors (Lipinski definition) is 3. The SMILES string of the molecule is CCC(O)CCc1cc(C)cnc1N. The summed E-state index contributed by atoms with van der Waals surface area (Å²) in [5.41, 5.74) is 7.88. The van der Waals surface area contributed by atoms with Crippen molar-refractivity contribution in [1.29, 1.82) is 0 Å². The molecule has 78 valence electrons. The van der Waals surface area contributed by atoms with Crippen molar-refractivity contribution in [1.82, 2.24) is 4.98 Å². The predicted octanol–water partition coefficient (Wildman–Crippen LogP) is 1.68. The first-order chi connectivity index (χ1) is 6.63. The molecule has 3 N–H and O–H groups in total. The van der Waals surface area contributed by atoms with Gasteiger partial charge in [0.25, 0.3) is 0 Å². The molecule has 3 heteroatoms. The van der Waals surface area contributed by atoms with Crippen LogP contribution in [-0.4, -0.2) is 16.2 Å². The van der Waals surface area contributed by atoms with Crippen molar-refractivity contribution in [2.45, 2.75) is 39.2 Å². The molecule has 0 aromatic carbocycles. The summed E-state index contributed by atoms with van der Waals surface area (Å²) < 4.78 is 0. The van der Waals surface area contributed by atoms with Crippen LogP contribution in [0.1, 0.15) is 30.9 Å². The molecular formula is C11H18N2O. The number of nitrogens with zero attached hydrogens (tertiary/aromatic N) is 1.